The molecule has 138 valence electrons. The third-order valence-corrected chi connectivity index (χ3v) is 5.79. The molecule has 4 rings (SSSR count). The summed E-state index contributed by atoms with van der Waals surface area (Å²) in [4.78, 5) is 24.4. The summed E-state index contributed by atoms with van der Waals surface area (Å²) in [5, 5.41) is 4.01. The second kappa shape index (κ2) is 6.78. The zero-order valence-electron chi connectivity index (χ0n) is 14.9. The Morgan fingerprint density at radius 3 is 2.74 bits per heavy atom. The number of H-pyrrole nitrogens is 1. The molecule has 0 radical (unpaired) electrons. The van der Waals surface area contributed by atoms with Gasteiger partial charge in [0, 0.05) is 35.5 Å². The zero-order chi connectivity index (χ0) is 19.3. The Bertz CT molecular complexity index is 1190. The molecule has 0 atom stereocenters. The van der Waals surface area contributed by atoms with Crippen molar-refractivity contribution < 1.29 is 4.79 Å². The van der Waals surface area contributed by atoms with Gasteiger partial charge in [0.25, 0.3) is 0 Å². The Morgan fingerprint density at radius 1 is 1.26 bits per heavy atom. The summed E-state index contributed by atoms with van der Waals surface area (Å²) in [6.45, 7) is 5.44. The van der Waals surface area contributed by atoms with Crippen LogP contribution in [-0.2, 0) is 6.42 Å². The van der Waals surface area contributed by atoms with Crippen molar-refractivity contribution in [2.24, 2.45) is 0 Å². The summed E-state index contributed by atoms with van der Waals surface area (Å²) in [5.41, 5.74) is 5.82. The van der Waals surface area contributed by atoms with E-state index in [-0.39, 0.29) is 5.78 Å². The first-order valence-corrected chi connectivity index (χ1v) is 9.94. The number of nitrogens with one attached hydrogen (secondary N) is 1. The molecule has 4 heterocycles. The number of pyridine rings is 1. The number of carbonyl (C=O) groups is 1. The minimum absolute atomic E-state index is 0.0585. The van der Waals surface area contributed by atoms with Crippen LogP contribution in [0.15, 0.2) is 23.8 Å². The van der Waals surface area contributed by atoms with Crippen LogP contribution in [0.2, 0.25) is 10.0 Å². The van der Waals surface area contributed by atoms with Crippen molar-refractivity contribution in [3.63, 3.8) is 0 Å². The van der Waals surface area contributed by atoms with Crippen LogP contribution in [0.3, 0.4) is 0 Å². The summed E-state index contributed by atoms with van der Waals surface area (Å²) < 4.78 is 1.83. The Kier molecular flexibility index (Phi) is 4.58. The number of aryl methyl sites for hydroxylation is 1. The Labute approximate surface area is 170 Å². The first kappa shape index (κ1) is 18.2. The maximum Gasteiger partial charge on any atom is 0.161 e. The summed E-state index contributed by atoms with van der Waals surface area (Å²) in [6.07, 6.45) is 4.28. The Balaban J connectivity index is 1.65. The van der Waals surface area contributed by atoms with Gasteiger partial charge in [-0.05, 0) is 32.4 Å². The molecule has 0 unspecified atom stereocenters. The minimum atomic E-state index is 0.0585. The molecule has 5 nitrogen and oxygen atoms in total. The lowest BCUT2D eigenvalue weighted by molar-refractivity contribution is 0.101. The molecule has 1 N–H and O–H groups in total. The van der Waals surface area contributed by atoms with Gasteiger partial charge in [0.1, 0.15) is 0 Å². The van der Waals surface area contributed by atoms with Crippen molar-refractivity contribution in [2.45, 2.75) is 27.2 Å². The highest BCUT2D eigenvalue weighted by Crippen LogP contribution is 2.30. The van der Waals surface area contributed by atoms with Gasteiger partial charge in [-0.25, -0.2) is 9.97 Å². The van der Waals surface area contributed by atoms with Gasteiger partial charge in [0.15, 0.2) is 11.4 Å². The highest BCUT2D eigenvalue weighted by Gasteiger charge is 2.18. The van der Waals surface area contributed by atoms with E-state index in [0.29, 0.717) is 22.1 Å². The lowest BCUT2D eigenvalue weighted by atomic mass is 10.1. The van der Waals surface area contributed by atoms with Crippen molar-refractivity contribution in [1.29, 1.82) is 0 Å². The molecule has 27 heavy (non-hydrogen) atoms. The second-order valence-corrected chi connectivity index (χ2v) is 8.24. The number of rotatable bonds is 4. The molecular weight excluding hydrogens is 403 g/mol. The standard InChI is InChI=1S/C19H16Cl2N4OS/c1-9-17(11(3)26)10(2)22-18(9)15-8-27-16(24-15)5-13-7-25-6-12(20)4-14(21)19(25)23-13/h4,6-8,22H,5H2,1-3H3. The summed E-state index contributed by atoms with van der Waals surface area (Å²) in [6, 6.07) is 1.68. The van der Waals surface area contributed by atoms with Gasteiger partial charge in [0.05, 0.1) is 32.1 Å². The molecule has 8 heteroatoms. The lowest BCUT2D eigenvalue weighted by Gasteiger charge is -1.97. The van der Waals surface area contributed by atoms with Gasteiger partial charge in [0.2, 0.25) is 0 Å². The topological polar surface area (TPSA) is 63.0 Å². The number of aromatic amines is 1. The van der Waals surface area contributed by atoms with Crippen LogP contribution < -0.4 is 0 Å². The van der Waals surface area contributed by atoms with Crippen molar-refractivity contribution in [2.75, 3.05) is 0 Å². The fourth-order valence-electron chi connectivity index (χ4n) is 3.36. The number of fused-ring (bicyclic) bond motifs is 1. The SMILES string of the molecule is CC(=O)c1c(C)[nH]c(-c2csc(Cc3cn4cc(Cl)cc(Cl)c4n3)n2)c1C. The number of nitrogens with zero attached hydrogens (tertiary/aromatic N) is 3. The molecule has 0 bridgehead atoms. The van der Waals surface area contributed by atoms with E-state index in [1.807, 2.05) is 29.8 Å². The normalized spacial score (nSPS) is 11.4. The van der Waals surface area contributed by atoms with Crippen molar-refractivity contribution in [3.05, 3.63) is 61.4 Å². The highest BCUT2D eigenvalue weighted by molar-refractivity contribution is 7.10. The van der Waals surface area contributed by atoms with Gasteiger partial charge in [-0.1, -0.05) is 23.2 Å². The van der Waals surface area contributed by atoms with E-state index in [1.54, 1.807) is 30.5 Å². The van der Waals surface area contributed by atoms with Crippen LogP contribution in [0.5, 0.6) is 0 Å². The first-order chi connectivity index (χ1) is 12.8. The van der Waals surface area contributed by atoms with E-state index in [1.165, 1.54) is 0 Å². The highest BCUT2D eigenvalue weighted by atomic mass is 35.5. The predicted octanol–water partition coefficient (Wildman–Crippen LogP) is 5.50. The number of hydrogen-bond acceptors (Lipinski definition) is 4. The smallest absolute Gasteiger partial charge is 0.161 e. The van der Waals surface area contributed by atoms with Gasteiger partial charge < -0.3 is 9.38 Å². The first-order valence-electron chi connectivity index (χ1n) is 8.31. The Morgan fingerprint density at radius 2 is 2.04 bits per heavy atom. The molecule has 0 saturated carbocycles. The van der Waals surface area contributed by atoms with Gasteiger partial charge >= 0.3 is 0 Å². The molecule has 0 fully saturated rings. The summed E-state index contributed by atoms with van der Waals surface area (Å²) in [7, 11) is 0. The fraction of sp³-hybridized carbons (Fsp3) is 0.211. The third-order valence-electron chi connectivity index (χ3n) is 4.45. The van der Waals surface area contributed by atoms with Gasteiger partial charge in [-0.15, -0.1) is 11.3 Å². The van der Waals surface area contributed by atoms with Crippen LogP contribution in [0, 0.1) is 13.8 Å². The van der Waals surface area contributed by atoms with E-state index in [9.17, 15) is 4.79 Å². The Hall–Kier alpha value is -2.15. The fourth-order valence-corrected chi connectivity index (χ4v) is 4.68. The molecule has 0 aromatic carbocycles. The van der Waals surface area contributed by atoms with Crippen molar-refractivity contribution in [1.82, 2.24) is 19.4 Å². The number of halogens is 2. The van der Waals surface area contributed by atoms with E-state index in [4.69, 9.17) is 28.2 Å². The maximum absolute atomic E-state index is 11.8. The predicted molar refractivity (Wildman–Crippen MR) is 109 cm³/mol. The van der Waals surface area contributed by atoms with Gasteiger partial charge in [-0.2, -0.15) is 0 Å². The maximum atomic E-state index is 11.8. The third kappa shape index (κ3) is 3.29. The monoisotopic (exact) mass is 418 g/mol. The average molecular weight is 419 g/mol. The lowest BCUT2D eigenvalue weighted by Crippen LogP contribution is -1.94. The molecule has 0 saturated heterocycles. The average Bonchev–Trinajstić information content (AvgIpc) is 3.25. The summed E-state index contributed by atoms with van der Waals surface area (Å²) >= 11 is 13.8. The van der Waals surface area contributed by atoms with Crippen LogP contribution in [-0.4, -0.2) is 25.1 Å². The van der Waals surface area contributed by atoms with Gasteiger partial charge in [-0.3, -0.25) is 4.79 Å². The second-order valence-electron chi connectivity index (χ2n) is 6.45. The molecule has 0 aliphatic heterocycles. The van der Waals surface area contributed by atoms with E-state index >= 15 is 0 Å². The number of thiazole rings is 1. The van der Waals surface area contributed by atoms with Crippen LogP contribution in [0.4, 0.5) is 0 Å². The van der Waals surface area contributed by atoms with Crippen LogP contribution >= 0.6 is 34.5 Å². The number of Topliss-reactive ketones (excluding diaryl/α,β-unsaturated/α-hetero) is 1. The van der Waals surface area contributed by atoms with Crippen LogP contribution in [0.1, 0.15) is 39.2 Å². The molecule has 4 aromatic heterocycles. The molecular formula is C19H16Cl2N4OS. The van der Waals surface area contributed by atoms with Crippen molar-refractivity contribution in [3.8, 4) is 11.4 Å². The quantitative estimate of drug-likeness (QED) is 0.444. The molecule has 0 aliphatic carbocycles. The number of ketones is 1. The van der Waals surface area contributed by atoms with E-state index < -0.39 is 0 Å². The number of hydrogen-bond donors (Lipinski definition) is 1. The molecule has 4 aromatic rings. The largest absolute Gasteiger partial charge is 0.356 e. The minimum Gasteiger partial charge on any atom is -0.356 e. The molecule has 0 aliphatic rings. The number of aromatic nitrogens is 4. The number of carbonyl (C=O) groups excluding carboxylic acids is 1. The van der Waals surface area contributed by atoms with Crippen LogP contribution in [0.25, 0.3) is 17.0 Å². The molecule has 0 spiro atoms. The zero-order valence-corrected chi connectivity index (χ0v) is 17.3. The molecule has 0 amide bonds. The van der Waals surface area contributed by atoms with E-state index in [2.05, 4.69) is 9.97 Å². The number of imidazole rings is 1. The summed E-state index contributed by atoms with van der Waals surface area (Å²) in [5.74, 6) is 0.0585. The van der Waals surface area contributed by atoms with E-state index in [0.717, 1.165) is 38.9 Å². The van der Waals surface area contributed by atoms with Crippen molar-refractivity contribution >= 4 is 46.0 Å².